The van der Waals surface area contributed by atoms with Crippen molar-refractivity contribution < 1.29 is 8.81 Å². The molecular formula is C22H16FNO. The fraction of sp³-hybridized carbons (Fsp3) is 0.0455. The lowest BCUT2D eigenvalue weighted by Crippen LogP contribution is -2.03. The molecule has 0 atom stereocenters. The van der Waals surface area contributed by atoms with Gasteiger partial charge >= 0.3 is 0 Å². The van der Waals surface area contributed by atoms with Crippen molar-refractivity contribution in [3.8, 4) is 11.3 Å². The van der Waals surface area contributed by atoms with Gasteiger partial charge in [-0.05, 0) is 43.3 Å². The van der Waals surface area contributed by atoms with Crippen LogP contribution in [-0.2, 0) is 0 Å². The van der Waals surface area contributed by atoms with Crippen molar-refractivity contribution in [3.63, 3.8) is 0 Å². The number of aryl methyl sites for hydroxylation is 1. The fourth-order valence-electron chi connectivity index (χ4n) is 2.77. The lowest BCUT2D eigenvalue weighted by atomic mass is 10.1. The first-order chi connectivity index (χ1) is 12.2. The number of nitrogens with zero attached hydrogens (tertiary/aromatic N) is 1. The van der Waals surface area contributed by atoms with Gasteiger partial charge in [0.25, 0.3) is 0 Å². The molecule has 0 bridgehead atoms. The molecular weight excluding hydrogens is 313 g/mol. The van der Waals surface area contributed by atoms with Crippen LogP contribution in [0.5, 0.6) is 0 Å². The molecule has 122 valence electrons. The standard InChI is InChI=1S/C22H16FNO/c1-15-7-12-21-19(13-15)20(24-18-10-8-17(23)9-11-18)14-22(25-21)16-5-3-2-4-6-16/h2-14H,1H3. The number of hydrogen-bond acceptors (Lipinski definition) is 2. The van der Waals surface area contributed by atoms with Gasteiger partial charge in [-0.15, -0.1) is 0 Å². The maximum Gasteiger partial charge on any atom is 0.136 e. The minimum absolute atomic E-state index is 0.271. The number of benzene rings is 3. The van der Waals surface area contributed by atoms with E-state index >= 15 is 0 Å². The third-order valence-corrected chi connectivity index (χ3v) is 4.03. The van der Waals surface area contributed by atoms with E-state index in [0.717, 1.165) is 33.2 Å². The summed E-state index contributed by atoms with van der Waals surface area (Å²) in [7, 11) is 0. The van der Waals surface area contributed by atoms with Crippen molar-refractivity contribution in [1.29, 1.82) is 0 Å². The molecule has 3 heteroatoms. The quantitative estimate of drug-likeness (QED) is 0.458. The fourth-order valence-corrected chi connectivity index (χ4v) is 2.77. The van der Waals surface area contributed by atoms with Crippen LogP contribution in [0.4, 0.5) is 10.1 Å². The first-order valence-electron chi connectivity index (χ1n) is 8.09. The van der Waals surface area contributed by atoms with Crippen LogP contribution in [0.15, 0.2) is 88.3 Å². The molecule has 0 spiro atoms. The summed E-state index contributed by atoms with van der Waals surface area (Å²) in [6.45, 7) is 2.03. The van der Waals surface area contributed by atoms with E-state index in [1.807, 2.05) is 55.5 Å². The van der Waals surface area contributed by atoms with Gasteiger partial charge in [0.05, 0.1) is 11.0 Å². The summed E-state index contributed by atoms with van der Waals surface area (Å²) in [6, 6.07) is 24.0. The molecule has 4 rings (SSSR count). The number of halogens is 1. The molecule has 1 aromatic heterocycles. The molecule has 0 unspecified atom stereocenters. The van der Waals surface area contributed by atoms with Crippen molar-refractivity contribution in [2.24, 2.45) is 4.99 Å². The van der Waals surface area contributed by atoms with Gasteiger partial charge in [0.1, 0.15) is 17.2 Å². The van der Waals surface area contributed by atoms with Gasteiger partial charge in [0.2, 0.25) is 0 Å². The van der Waals surface area contributed by atoms with E-state index in [-0.39, 0.29) is 5.82 Å². The van der Waals surface area contributed by atoms with E-state index < -0.39 is 0 Å². The van der Waals surface area contributed by atoms with Gasteiger partial charge in [0.15, 0.2) is 0 Å². The summed E-state index contributed by atoms with van der Waals surface area (Å²) >= 11 is 0. The second-order valence-electron chi connectivity index (χ2n) is 5.95. The second kappa shape index (κ2) is 6.36. The van der Waals surface area contributed by atoms with E-state index in [4.69, 9.17) is 9.41 Å². The molecule has 0 saturated heterocycles. The zero-order chi connectivity index (χ0) is 17.2. The normalized spacial score (nSPS) is 11.8. The van der Waals surface area contributed by atoms with Gasteiger partial charge in [-0.1, -0.05) is 42.0 Å². The topological polar surface area (TPSA) is 25.5 Å². The summed E-state index contributed by atoms with van der Waals surface area (Å²) in [5.74, 6) is 0.477. The Bertz CT molecular complexity index is 1100. The van der Waals surface area contributed by atoms with E-state index in [2.05, 4.69) is 6.07 Å². The van der Waals surface area contributed by atoms with E-state index in [1.54, 1.807) is 12.1 Å². The van der Waals surface area contributed by atoms with E-state index in [9.17, 15) is 4.39 Å². The first kappa shape index (κ1) is 15.3. The molecule has 0 saturated carbocycles. The molecule has 0 amide bonds. The molecule has 2 nitrogen and oxygen atoms in total. The van der Waals surface area contributed by atoms with Crippen molar-refractivity contribution in [3.05, 3.63) is 95.6 Å². The molecule has 3 aromatic carbocycles. The Kier molecular flexibility index (Phi) is 3.90. The maximum absolute atomic E-state index is 13.2. The third-order valence-electron chi connectivity index (χ3n) is 4.03. The second-order valence-corrected chi connectivity index (χ2v) is 5.95. The molecule has 0 aliphatic heterocycles. The Morgan fingerprint density at radius 2 is 1.60 bits per heavy atom. The van der Waals surface area contributed by atoms with Crippen LogP contribution in [0.3, 0.4) is 0 Å². The highest BCUT2D eigenvalue weighted by Gasteiger charge is 2.06. The third kappa shape index (κ3) is 3.22. The highest BCUT2D eigenvalue weighted by atomic mass is 19.1. The van der Waals surface area contributed by atoms with Gasteiger partial charge < -0.3 is 4.42 Å². The van der Waals surface area contributed by atoms with Gasteiger partial charge in [0, 0.05) is 17.0 Å². The first-order valence-corrected chi connectivity index (χ1v) is 8.09. The smallest absolute Gasteiger partial charge is 0.136 e. The molecule has 1 heterocycles. The minimum Gasteiger partial charge on any atom is -0.456 e. The van der Waals surface area contributed by atoms with Crippen molar-refractivity contribution in [1.82, 2.24) is 0 Å². The molecule has 0 N–H and O–H groups in total. The van der Waals surface area contributed by atoms with Crippen LogP contribution in [0.25, 0.3) is 22.3 Å². The highest BCUT2D eigenvalue weighted by Crippen LogP contribution is 2.23. The predicted molar refractivity (Wildman–Crippen MR) is 98.0 cm³/mol. The van der Waals surface area contributed by atoms with Gasteiger partial charge in [-0.25, -0.2) is 9.38 Å². The zero-order valence-corrected chi connectivity index (χ0v) is 13.7. The summed E-state index contributed by atoms with van der Waals surface area (Å²) in [6.07, 6.45) is 0. The lowest BCUT2D eigenvalue weighted by molar-refractivity contribution is 0.618. The molecule has 0 aliphatic carbocycles. The summed E-state index contributed by atoms with van der Waals surface area (Å²) in [4.78, 5) is 4.71. The van der Waals surface area contributed by atoms with Crippen molar-refractivity contribution in [2.75, 3.05) is 0 Å². The van der Waals surface area contributed by atoms with Crippen LogP contribution in [0, 0.1) is 12.7 Å². The van der Waals surface area contributed by atoms with Crippen molar-refractivity contribution >= 4 is 16.7 Å². The number of fused-ring (bicyclic) bond motifs is 1. The molecule has 25 heavy (non-hydrogen) atoms. The number of rotatable bonds is 2. The number of hydrogen-bond donors (Lipinski definition) is 0. The molecule has 0 aliphatic rings. The van der Waals surface area contributed by atoms with Crippen molar-refractivity contribution in [2.45, 2.75) is 6.92 Å². The lowest BCUT2D eigenvalue weighted by Gasteiger charge is -2.06. The Labute approximate surface area is 144 Å². The average molecular weight is 329 g/mol. The Balaban J connectivity index is 2.00. The van der Waals surface area contributed by atoms with Gasteiger partial charge in [-0.3, -0.25) is 0 Å². The van der Waals surface area contributed by atoms with Gasteiger partial charge in [-0.2, -0.15) is 0 Å². The largest absolute Gasteiger partial charge is 0.456 e. The average Bonchev–Trinajstić information content (AvgIpc) is 2.64. The Morgan fingerprint density at radius 1 is 0.840 bits per heavy atom. The van der Waals surface area contributed by atoms with E-state index in [0.29, 0.717) is 5.69 Å². The van der Waals surface area contributed by atoms with Crippen LogP contribution >= 0.6 is 0 Å². The predicted octanol–water partition coefficient (Wildman–Crippen LogP) is 5.78. The molecule has 4 aromatic rings. The Morgan fingerprint density at radius 3 is 2.36 bits per heavy atom. The SMILES string of the molecule is Cc1ccc2oc(-c3ccccc3)cc(=Nc3ccc(F)cc3)c2c1. The molecule has 0 fully saturated rings. The monoisotopic (exact) mass is 329 g/mol. The van der Waals surface area contributed by atoms with Crippen LogP contribution in [-0.4, -0.2) is 0 Å². The highest BCUT2D eigenvalue weighted by molar-refractivity contribution is 5.79. The molecule has 0 radical (unpaired) electrons. The Hall–Kier alpha value is -3.20. The zero-order valence-electron chi connectivity index (χ0n) is 13.7. The van der Waals surface area contributed by atoms with Crippen LogP contribution in [0.1, 0.15) is 5.56 Å². The summed E-state index contributed by atoms with van der Waals surface area (Å²) < 4.78 is 19.2. The summed E-state index contributed by atoms with van der Waals surface area (Å²) in [5, 5.41) is 1.74. The van der Waals surface area contributed by atoms with Crippen LogP contribution in [0.2, 0.25) is 0 Å². The van der Waals surface area contributed by atoms with E-state index in [1.165, 1.54) is 12.1 Å². The summed E-state index contributed by atoms with van der Waals surface area (Å²) in [5.41, 5.74) is 3.59. The maximum atomic E-state index is 13.2. The van der Waals surface area contributed by atoms with Crippen LogP contribution < -0.4 is 5.36 Å². The minimum atomic E-state index is -0.271.